The van der Waals surface area contributed by atoms with E-state index in [0.29, 0.717) is 11.7 Å². The first-order valence-electron chi connectivity index (χ1n) is 6.92. The third-order valence-electron chi connectivity index (χ3n) is 5.65. The fourth-order valence-corrected chi connectivity index (χ4v) is 3.60. The summed E-state index contributed by atoms with van der Waals surface area (Å²) < 4.78 is 5.50. The molecule has 0 atom stereocenters. The number of nitrogens with zero attached hydrogens (tertiary/aromatic N) is 2. The maximum atomic E-state index is 6.36. The number of hydrogen-bond acceptors (Lipinski definition) is 4. The minimum absolute atomic E-state index is 0. The van der Waals surface area contributed by atoms with Crippen molar-refractivity contribution < 1.29 is 4.52 Å². The molecule has 2 N–H and O–H groups in total. The predicted octanol–water partition coefficient (Wildman–Crippen LogP) is 3.37. The Kier molecular flexibility index (Phi) is 3.26. The van der Waals surface area contributed by atoms with E-state index in [-0.39, 0.29) is 28.8 Å². The second kappa shape index (κ2) is 4.19. The van der Waals surface area contributed by atoms with Crippen LogP contribution >= 0.6 is 12.4 Å². The van der Waals surface area contributed by atoms with Gasteiger partial charge in [0, 0.05) is 5.92 Å². The zero-order valence-electron chi connectivity index (χ0n) is 12.2. The topological polar surface area (TPSA) is 64.9 Å². The van der Waals surface area contributed by atoms with Gasteiger partial charge in [0.25, 0.3) is 0 Å². The van der Waals surface area contributed by atoms with Crippen molar-refractivity contribution in [3.05, 3.63) is 11.7 Å². The van der Waals surface area contributed by atoms with Gasteiger partial charge in [0.05, 0.1) is 5.54 Å². The number of aromatic nitrogens is 2. The first-order valence-corrected chi connectivity index (χ1v) is 6.92. The first-order chi connectivity index (χ1) is 8.29. The van der Waals surface area contributed by atoms with Crippen LogP contribution in [-0.4, -0.2) is 10.1 Å². The molecule has 0 amide bonds. The standard InChI is InChI=1S/C14H23N3O.ClH/c1-12(2)9(13(12,3)4)10-16-11(17-18-10)14(15)7-5-6-8-14;/h9H,5-8,15H2,1-4H3;1H. The molecule has 19 heavy (non-hydrogen) atoms. The van der Waals surface area contributed by atoms with Gasteiger partial charge in [0.15, 0.2) is 5.82 Å². The van der Waals surface area contributed by atoms with Crippen molar-refractivity contribution >= 4 is 12.4 Å². The maximum absolute atomic E-state index is 6.36. The van der Waals surface area contributed by atoms with Crippen molar-refractivity contribution in [2.45, 2.75) is 64.8 Å². The Morgan fingerprint density at radius 1 is 1.11 bits per heavy atom. The van der Waals surface area contributed by atoms with Crippen molar-refractivity contribution in [3.63, 3.8) is 0 Å². The van der Waals surface area contributed by atoms with E-state index in [4.69, 9.17) is 10.3 Å². The minimum Gasteiger partial charge on any atom is -0.339 e. The Labute approximate surface area is 120 Å². The Hall–Kier alpha value is -0.610. The molecular formula is C14H24ClN3O. The predicted molar refractivity (Wildman–Crippen MR) is 76.2 cm³/mol. The van der Waals surface area contributed by atoms with Gasteiger partial charge in [-0.25, -0.2) is 0 Å². The quantitative estimate of drug-likeness (QED) is 0.905. The fourth-order valence-electron chi connectivity index (χ4n) is 3.60. The molecule has 108 valence electrons. The average molecular weight is 286 g/mol. The summed E-state index contributed by atoms with van der Waals surface area (Å²) in [6.45, 7) is 9.04. The summed E-state index contributed by atoms with van der Waals surface area (Å²) in [6, 6.07) is 0. The number of nitrogens with two attached hydrogens (primary N) is 1. The van der Waals surface area contributed by atoms with E-state index < -0.39 is 0 Å². The van der Waals surface area contributed by atoms with Crippen LogP contribution in [0.1, 0.15) is 71.0 Å². The molecule has 0 bridgehead atoms. The third-order valence-corrected chi connectivity index (χ3v) is 5.65. The van der Waals surface area contributed by atoms with Crippen LogP contribution in [0.2, 0.25) is 0 Å². The van der Waals surface area contributed by atoms with Crippen molar-refractivity contribution in [1.29, 1.82) is 0 Å². The fraction of sp³-hybridized carbons (Fsp3) is 0.857. The zero-order valence-corrected chi connectivity index (χ0v) is 13.0. The number of halogens is 1. The van der Waals surface area contributed by atoms with Crippen molar-refractivity contribution in [2.75, 3.05) is 0 Å². The summed E-state index contributed by atoms with van der Waals surface area (Å²) in [5.41, 5.74) is 6.48. The van der Waals surface area contributed by atoms with Crippen molar-refractivity contribution in [3.8, 4) is 0 Å². The molecule has 0 spiro atoms. The number of rotatable bonds is 2. The zero-order chi connectivity index (χ0) is 13.2. The molecule has 2 fully saturated rings. The van der Waals surface area contributed by atoms with Crippen LogP contribution in [0.25, 0.3) is 0 Å². The van der Waals surface area contributed by atoms with Gasteiger partial charge in [-0.15, -0.1) is 12.4 Å². The van der Waals surface area contributed by atoms with Crippen LogP contribution in [0.5, 0.6) is 0 Å². The largest absolute Gasteiger partial charge is 0.339 e. The molecule has 2 aliphatic rings. The van der Waals surface area contributed by atoms with Crippen LogP contribution in [0, 0.1) is 10.8 Å². The normalized spacial score (nSPS) is 27.0. The van der Waals surface area contributed by atoms with Gasteiger partial charge in [0.1, 0.15) is 0 Å². The van der Waals surface area contributed by atoms with Crippen LogP contribution in [0.3, 0.4) is 0 Å². The van der Waals surface area contributed by atoms with E-state index in [1.165, 1.54) is 12.8 Å². The van der Waals surface area contributed by atoms with Gasteiger partial charge in [-0.05, 0) is 23.7 Å². The SMILES string of the molecule is CC1(C)C(c2nc(C3(N)CCCC3)no2)C1(C)C.Cl. The lowest BCUT2D eigenvalue weighted by Gasteiger charge is -2.17. The van der Waals surface area contributed by atoms with Crippen molar-refractivity contribution in [1.82, 2.24) is 10.1 Å². The lowest BCUT2D eigenvalue weighted by molar-refractivity contribution is 0.341. The van der Waals surface area contributed by atoms with E-state index in [9.17, 15) is 0 Å². The Bertz CT molecular complexity index is 461. The minimum atomic E-state index is -0.342. The number of hydrogen-bond donors (Lipinski definition) is 1. The van der Waals surface area contributed by atoms with Crippen LogP contribution in [-0.2, 0) is 5.54 Å². The molecule has 0 aromatic carbocycles. The van der Waals surface area contributed by atoms with E-state index in [2.05, 4.69) is 37.8 Å². The molecule has 1 heterocycles. The second-order valence-corrected chi connectivity index (χ2v) is 7.20. The Morgan fingerprint density at radius 3 is 2.11 bits per heavy atom. The highest BCUT2D eigenvalue weighted by molar-refractivity contribution is 5.85. The smallest absolute Gasteiger partial charge is 0.230 e. The summed E-state index contributed by atoms with van der Waals surface area (Å²) >= 11 is 0. The Balaban J connectivity index is 0.00000133. The highest BCUT2D eigenvalue weighted by atomic mass is 35.5. The molecule has 2 saturated carbocycles. The molecule has 0 saturated heterocycles. The van der Waals surface area contributed by atoms with Crippen LogP contribution in [0.15, 0.2) is 4.52 Å². The third kappa shape index (κ3) is 1.91. The summed E-state index contributed by atoms with van der Waals surface area (Å²) in [7, 11) is 0. The van der Waals surface area contributed by atoms with Gasteiger partial charge in [0.2, 0.25) is 5.89 Å². The molecule has 5 heteroatoms. The van der Waals surface area contributed by atoms with Crippen molar-refractivity contribution in [2.24, 2.45) is 16.6 Å². The van der Waals surface area contributed by atoms with E-state index >= 15 is 0 Å². The van der Waals surface area contributed by atoms with Gasteiger partial charge >= 0.3 is 0 Å². The monoisotopic (exact) mass is 285 g/mol. The highest BCUT2D eigenvalue weighted by Crippen LogP contribution is 2.73. The molecule has 1 aromatic rings. The molecule has 0 radical (unpaired) electrons. The van der Waals surface area contributed by atoms with Gasteiger partial charge < -0.3 is 10.3 Å². The van der Waals surface area contributed by atoms with Gasteiger partial charge in [-0.3, -0.25) is 0 Å². The average Bonchev–Trinajstić information content (AvgIpc) is 2.77. The van der Waals surface area contributed by atoms with E-state index in [1.54, 1.807) is 0 Å². The van der Waals surface area contributed by atoms with Crippen LogP contribution in [0.4, 0.5) is 0 Å². The van der Waals surface area contributed by atoms with E-state index in [0.717, 1.165) is 18.7 Å². The molecule has 1 aromatic heterocycles. The van der Waals surface area contributed by atoms with E-state index in [1.807, 2.05) is 0 Å². The van der Waals surface area contributed by atoms with Gasteiger partial charge in [-0.2, -0.15) is 4.98 Å². The molecule has 3 rings (SSSR count). The summed E-state index contributed by atoms with van der Waals surface area (Å²) in [4.78, 5) is 4.61. The van der Waals surface area contributed by atoms with Crippen LogP contribution < -0.4 is 5.73 Å². The molecule has 0 unspecified atom stereocenters. The lowest BCUT2D eigenvalue weighted by Crippen LogP contribution is -2.34. The summed E-state index contributed by atoms with van der Waals surface area (Å²) in [5.74, 6) is 1.85. The maximum Gasteiger partial charge on any atom is 0.230 e. The summed E-state index contributed by atoms with van der Waals surface area (Å²) in [5, 5.41) is 4.15. The highest BCUT2D eigenvalue weighted by Gasteiger charge is 2.68. The summed E-state index contributed by atoms with van der Waals surface area (Å²) in [6.07, 6.45) is 4.29. The first kappa shape index (κ1) is 14.8. The molecule has 0 aliphatic heterocycles. The molecule has 4 nitrogen and oxygen atoms in total. The molecular weight excluding hydrogens is 262 g/mol. The van der Waals surface area contributed by atoms with Gasteiger partial charge in [-0.1, -0.05) is 45.7 Å². The Morgan fingerprint density at radius 2 is 1.63 bits per heavy atom. The lowest BCUT2D eigenvalue weighted by atomic mass is 9.98. The second-order valence-electron chi connectivity index (χ2n) is 7.20. The molecule has 2 aliphatic carbocycles.